The number of aliphatic hydroxyl groups excluding tert-OH is 1. The number of hydrogen-bond acceptors (Lipinski definition) is 3. The molecule has 0 aromatic carbocycles. The molecule has 86 valence electrons. The van der Waals surface area contributed by atoms with Crippen molar-refractivity contribution in [1.82, 2.24) is 9.55 Å². The van der Waals surface area contributed by atoms with Gasteiger partial charge in [0.25, 0.3) is 0 Å². The van der Waals surface area contributed by atoms with Crippen molar-refractivity contribution < 1.29 is 5.11 Å². The van der Waals surface area contributed by atoms with Crippen LogP contribution in [-0.4, -0.2) is 21.3 Å². The summed E-state index contributed by atoms with van der Waals surface area (Å²) in [5.74, 6) is 0.573. The SMILES string of the molecule is CCC(C)C(C)n1cncc1C(N)CO. The summed E-state index contributed by atoms with van der Waals surface area (Å²) in [7, 11) is 0. The molecule has 0 aliphatic rings. The molecular weight excluding hydrogens is 190 g/mol. The van der Waals surface area contributed by atoms with Gasteiger partial charge in [-0.1, -0.05) is 20.3 Å². The first-order chi connectivity index (χ1) is 7.11. The van der Waals surface area contributed by atoms with E-state index in [1.165, 1.54) is 0 Å². The molecule has 1 aromatic rings. The highest BCUT2D eigenvalue weighted by Gasteiger charge is 2.18. The molecule has 3 atom stereocenters. The summed E-state index contributed by atoms with van der Waals surface area (Å²) < 4.78 is 2.06. The average molecular weight is 211 g/mol. The fraction of sp³-hybridized carbons (Fsp3) is 0.727. The van der Waals surface area contributed by atoms with Crippen LogP contribution in [0.15, 0.2) is 12.5 Å². The molecule has 0 fully saturated rings. The van der Waals surface area contributed by atoms with Crippen LogP contribution >= 0.6 is 0 Å². The lowest BCUT2D eigenvalue weighted by atomic mass is 10.0. The van der Waals surface area contributed by atoms with Gasteiger partial charge in [-0.3, -0.25) is 0 Å². The van der Waals surface area contributed by atoms with Gasteiger partial charge in [0.05, 0.1) is 24.7 Å². The molecule has 1 rings (SSSR count). The quantitative estimate of drug-likeness (QED) is 0.775. The maximum Gasteiger partial charge on any atom is 0.0951 e. The maximum atomic E-state index is 9.04. The average Bonchev–Trinajstić information content (AvgIpc) is 2.74. The lowest BCUT2D eigenvalue weighted by molar-refractivity contribution is 0.257. The molecule has 3 unspecified atom stereocenters. The van der Waals surface area contributed by atoms with Gasteiger partial charge in [0.1, 0.15) is 0 Å². The molecule has 0 bridgehead atoms. The highest BCUT2D eigenvalue weighted by atomic mass is 16.3. The lowest BCUT2D eigenvalue weighted by Crippen LogP contribution is -2.22. The zero-order valence-electron chi connectivity index (χ0n) is 9.72. The summed E-state index contributed by atoms with van der Waals surface area (Å²) >= 11 is 0. The number of nitrogens with two attached hydrogens (primary N) is 1. The Morgan fingerprint density at radius 3 is 2.73 bits per heavy atom. The molecule has 1 aromatic heterocycles. The van der Waals surface area contributed by atoms with Crippen molar-refractivity contribution in [2.75, 3.05) is 6.61 Å². The monoisotopic (exact) mass is 211 g/mol. The van der Waals surface area contributed by atoms with E-state index >= 15 is 0 Å². The highest BCUT2D eigenvalue weighted by Crippen LogP contribution is 2.23. The molecule has 3 N–H and O–H groups in total. The van der Waals surface area contributed by atoms with Crippen molar-refractivity contribution in [2.45, 2.75) is 39.3 Å². The van der Waals surface area contributed by atoms with Gasteiger partial charge in [-0.25, -0.2) is 4.98 Å². The van der Waals surface area contributed by atoms with Gasteiger partial charge >= 0.3 is 0 Å². The Balaban J connectivity index is 2.89. The van der Waals surface area contributed by atoms with E-state index in [2.05, 4.69) is 30.3 Å². The molecule has 0 aliphatic carbocycles. The van der Waals surface area contributed by atoms with Crippen LogP contribution in [0, 0.1) is 5.92 Å². The van der Waals surface area contributed by atoms with E-state index in [1.54, 1.807) is 12.5 Å². The third kappa shape index (κ3) is 2.58. The van der Waals surface area contributed by atoms with Crippen LogP contribution in [0.1, 0.15) is 45.0 Å². The largest absolute Gasteiger partial charge is 0.394 e. The minimum absolute atomic E-state index is 0.0427. The summed E-state index contributed by atoms with van der Waals surface area (Å²) in [4.78, 5) is 4.10. The Morgan fingerprint density at radius 2 is 2.20 bits per heavy atom. The van der Waals surface area contributed by atoms with Crippen LogP contribution in [0.2, 0.25) is 0 Å². The predicted octanol–water partition coefficient (Wildman–Crippen LogP) is 1.48. The highest BCUT2D eigenvalue weighted by molar-refractivity contribution is 5.06. The van der Waals surface area contributed by atoms with E-state index in [0.29, 0.717) is 12.0 Å². The van der Waals surface area contributed by atoms with Gasteiger partial charge in [0, 0.05) is 12.2 Å². The molecule has 0 saturated carbocycles. The molecule has 0 amide bonds. The van der Waals surface area contributed by atoms with Crippen LogP contribution in [0.4, 0.5) is 0 Å². The van der Waals surface area contributed by atoms with Crippen LogP contribution in [0.25, 0.3) is 0 Å². The Kier molecular flexibility index (Phi) is 4.29. The number of aliphatic hydroxyl groups is 1. The summed E-state index contributed by atoms with van der Waals surface area (Å²) in [5, 5.41) is 9.04. The summed E-state index contributed by atoms with van der Waals surface area (Å²) in [5.41, 5.74) is 6.72. The smallest absolute Gasteiger partial charge is 0.0951 e. The molecule has 1 heterocycles. The standard InChI is InChI=1S/C11H21N3O/c1-4-8(2)9(3)14-7-13-5-11(14)10(12)6-15/h5,7-10,15H,4,6,12H2,1-3H3. The zero-order chi connectivity index (χ0) is 11.4. The topological polar surface area (TPSA) is 64.1 Å². The van der Waals surface area contributed by atoms with Gasteiger partial charge < -0.3 is 15.4 Å². The second-order valence-corrected chi connectivity index (χ2v) is 4.14. The van der Waals surface area contributed by atoms with Crippen LogP contribution < -0.4 is 5.73 Å². The lowest BCUT2D eigenvalue weighted by Gasteiger charge is -2.23. The molecular formula is C11H21N3O. The van der Waals surface area contributed by atoms with Gasteiger partial charge in [-0.05, 0) is 12.8 Å². The Bertz CT molecular complexity index is 298. The Morgan fingerprint density at radius 1 is 1.53 bits per heavy atom. The first-order valence-corrected chi connectivity index (χ1v) is 5.49. The molecule has 0 saturated heterocycles. The molecule has 4 heteroatoms. The predicted molar refractivity (Wildman–Crippen MR) is 60.4 cm³/mol. The van der Waals surface area contributed by atoms with E-state index in [9.17, 15) is 0 Å². The third-order valence-electron chi connectivity index (χ3n) is 3.18. The fourth-order valence-electron chi connectivity index (χ4n) is 1.65. The van der Waals surface area contributed by atoms with E-state index in [0.717, 1.165) is 12.1 Å². The van der Waals surface area contributed by atoms with Crippen molar-refractivity contribution in [1.29, 1.82) is 0 Å². The second kappa shape index (κ2) is 5.28. The van der Waals surface area contributed by atoms with Crippen molar-refractivity contribution in [3.63, 3.8) is 0 Å². The Hall–Kier alpha value is -0.870. The van der Waals surface area contributed by atoms with E-state index in [1.807, 2.05) is 0 Å². The van der Waals surface area contributed by atoms with E-state index in [-0.39, 0.29) is 12.6 Å². The summed E-state index contributed by atoms with van der Waals surface area (Å²) in [6.45, 7) is 6.49. The van der Waals surface area contributed by atoms with Crippen molar-refractivity contribution in [3.05, 3.63) is 18.2 Å². The maximum absolute atomic E-state index is 9.04. The summed E-state index contributed by atoms with van der Waals surface area (Å²) in [6.07, 6.45) is 4.65. The summed E-state index contributed by atoms with van der Waals surface area (Å²) in [6, 6.07) is 0.0316. The van der Waals surface area contributed by atoms with Gasteiger partial charge in [0.15, 0.2) is 0 Å². The minimum Gasteiger partial charge on any atom is -0.394 e. The first kappa shape index (κ1) is 12.2. The molecule has 15 heavy (non-hydrogen) atoms. The van der Waals surface area contributed by atoms with Crippen LogP contribution in [-0.2, 0) is 0 Å². The van der Waals surface area contributed by atoms with Gasteiger partial charge in [-0.2, -0.15) is 0 Å². The van der Waals surface area contributed by atoms with E-state index < -0.39 is 0 Å². The third-order valence-corrected chi connectivity index (χ3v) is 3.18. The molecule has 4 nitrogen and oxygen atoms in total. The van der Waals surface area contributed by atoms with Gasteiger partial charge in [-0.15, -0.1) is 0 Å². The number of aromatic nitrogens is 2. The number of nitrogens with zero attached hydrogens (tertiary/aromatic N) is 2. The second-order valence-electron chi connectivity index (χ2n) is 4.14. The van der Waals surface area contributed by atoms with Gasteiger partial charge in [0.2, 0.25) is 0 Å². The van der Waals surface area contributed by atoms with Crippen molar-refractivity contribution >= 4 is 0 Å². The molecule has 0 radical (unpaired) electrons. The van der Waals surface area contributed by atoms with Crippen molar-refractivity contribution in [2.24, 2.45) is 11.7 Å². The Labute approximate surface area is 91.1 Å². The normalized spacial score (nSPS) is 17.4. The van der Waals surface area contributed by atoms with Crippen molar-refractivity contribution in [3.8, 4) is 0 Å². The molecule has 0 aliphatic heterocycles. The molecule has 0 spiro atoms. The fourth-order valence-corrected chi connectivity index (χ4v) is 1.65. The number of hydrogen-bond donors (Lipinski definition) is 2. The minimum atomic E-state index is -0.334. The van der Waals surface area contributed by atoms with Crippen LogP contribution in [0.5, 0.6) is 0 Å². The number of rotatable bonds is 5. The van der Waals surface area contributed by atoms with E-state index in [4.69, 9.17) is 10.8 Å². The first-order valence-electron chi connectivity index (χ1n) is 5.49. The van der Waals surface area contributed by atoms with Crippen LogP contribution in [0.3, 0.4) is 0 Å². The zero-order valence-corrected chi connectivity index (χ0v) is 9.72. The number of imidazole rings is 1.